The number of nitrogens with one attached hydrogen (secondary N) is 2. The van der Waals surface area contributed by atoms with Gasteiger partial charge in [0.15, 0.2) is 0 Å². The van der Waals surface area contributed by atoms with Crippen LogP contribution in [0.25, 0.3) is 10.9 Å². The van der Waals surface area contributed by atoms with Gasteiger partial charge in [-0.25, -0.2) is 8.60 Å². The van der Waals surface area contributed by atoms with Gasteiger partial charge in [0.1, 0.15) is 30.0 Å². The number of carbonyl (C=O) groups excluding carboxylic acids is 1. The Balaban J connectivity index is 1.42. The summed E-state index contributed by atoms with van der Waals surface area (Å²) in [5.41, 5.74) is 2.98. The van der Waals surface area contributed by atoms with Crippen LogP contribution in [0.2, 0.25) is 5.02 Å². The molecular weight excluding hydrogens is 599 g/mol. The number of nitriles is 1. The first-order chi connectivity index (χ1) is 20.3. The first kappa shape index (κ1) is 29.6. The molecule has 8 nitrogen and oxygen atoms in total. The van der Waals surface area contributed by atoms with Crippen molar-refractivity contribution in [2.24, 2.45) is 0 Å². The molecule has 12 heteroatoms. The van der Waals surface area contributed by atoms with Gasteiger partial charge < -0.3 is 20.1 Å². The highest BCUT2D eigenvalue weighted by Crippen LogP contribution is 2.38. The number of hydrogen-bond donors (Lipinski definition) is 2. The van der Waals surface area contributed by atoms with Crippen LogP contribution < -0.4 is 20.1 Å². The lowest BCUT2D eigenvalue weighted by atomic mass is 10.1. The van der Waals surface area contributed by atoms with Crippen LogP contribution in [0.1, 0.15) is 30.9 Å². The maximum Gasteiger partial charge on any atom is 0.225 e. The molecule has 2 unspecified atom stereocenters. The van der Waals surface area contributed by atoms with Gasteiger partial charge in [0, 0.05) is 35.5 Å². The van der Waals surface area contributed by atoms with Crippen LogP contribution in [0, 0.1) is 17.1 Å². The molecule has 5 rings (SSSR count). The van der Waals surface area contributed by atoms with Gasteiger partial charge in [-0.05, 0) is 55.3 Å². The SMILES string of the molecule is CCOc1cc2ncc(C#N)c(Nc3ccc(OCc4cccc(F)c4)c(Cl)c3)c2cc1NC(=O)CC1CCSS1=O. The molecule has 216 valence electrons. The molecule has 1 amide bonds. The van der Waals surface area contributed by atoms with Gasteiger partial charge in [-0.2, -0.15) is 5.26 Å². The van der Waals surface area contributed by atoms with Gasteiger partial charge in [0.05, 0.1) is 49.2 Å². The number of fused-ring (bicyclic) bond motifs is 1. The van der Waals surface area contributed by atoms with E-state index in [9.17, 15) is 18.7 Å². The minimum Gasteiger partial charge on any atom is -0.492 e. The van der Waals surface area contributed by atoms with E-state index in [-0.39, 0.29) is 35.6 Å². The lowest BCUT2D eigenvalue weighted by Crippen LogP contribution is -2.20. The van der Waals surface area contributed by atoms with Crippen LogP contribution in [-0.4, -0.2) is 32.7 Å². The van der Waals surface area contributed by atoms with Gasteiger partial charge in [-0.1, -0.05) is 34.5 Å². The van der Waals surface area contributed by atoms with Gasteiger partial charge in [0.2, 0.25) is 5.91 Å². The molecule has 0 radical (unpaired) electrons. The summed E-state index contributed by atoms with van der Waals surface area (Å²) in [6.07, 6.45) is 2.32. The fourth-order valence-electron chi connectivity index (χ4n) is 4.47. The van der Waals surface area contributed by atoms with E-state index in [4.69, 9.17) is 21.1 Å². The molecule has 1 fully saturated rings. The molecule has 0 aliphatic carbocycles. The van der Waals surface area contributed by atoms with E-state index in [1.807, 2.05) is 6.92 Å². The van der Waals surface area contributed by atoms with E-state index in [2.05, 4.69) is 21.7 Å². The number of hydrogen-bond acceptors (Lipinski definition) is 8. The van der Waals surface area contributed by atoms with Crippen LogP contribution in [0.15, 0.2) is 60.8 Å². The van der Waals surface area contributed by atoms with Crippen molar-refractivity contribution < 1.29 is 22.9 Å². The third-order valence-corrected chi connectivity index (χ3v) is 10.4. The number of amides is 1. The highest BCUT2D eigenvalue weighted by Gasteiger charge is 2.27. The lowest BCUT2D eigenvalue weighted by Gasteiger charge is -2.17. The zero-order chi connectivity index (χ0) is 29.6. The molecule has 2 atom stereocenters. The molecule has 0 saturated carbocycles. The van der Waals surface area contributed by atoms with Gasteiger partial charge in [0.25, 0.3) is 0 Å². The number of benzene rings is 3. The third kappa shape index (κ3) is 6.95. The second-order valence-corrected chi connectivity index (χ2v) is 13.3. The van der Waals surface area contributed by atoms with Gasteiger partial charge >= 0.3 is 0 Å². The summed E-state index contributed by atoms with van der Waals surface area (Å²) in [5, 5.41) is 16.7. The summed E-state index contributed by atoms with van der Waals surface area (Å²) in [6, 6.07) is 16.8. The topological polar surface area (TPSA) is 113 Å². The summed E-state index contributed by atoms with van der Waals surface area (Å²) in [6.45, 7) is 2.35. The van der Waals surface area contributed by atoms with E-state index in [0.29, 0.717) is 56.7 Å². The Hall–Kier alpha value is -3.85. The number of rotatable bonds is 10. The normalized spacial score (nSPS) is 16.1. The summed E-state index contributed by atoms with van der Waals surface area (Å²) in [7, 11) is 0.284. The first-order valence-corrected chi connectivity index (χ1v) is 16.2. The fraction of sp³-hybridized carbons (Fsp3) is 0.233. The van der Waals surface area contributed by atoms with Gasteiger partial charge in [-0.15, -0.1) is 0 Å². The molecule has 3 aromatic carbocycles. The largest absolute Gasteiger partial charge is 0.492 e. The number of anilines is 3. The molecule has 2 heterocycles. The lowest BCUT2D eigenvalue weighted by molar-refractivity contribution is -0.116. The second kappa shape index (κ2) is 13.4. The van der Waals surface area contributed by atoms with Crippen LogP contribution in [0.4, 0.5) is 21.5 Å². The quantitative estimate of drug-likeness (QED) is 0.179. The van der Waals surface area contributed by atoms with Crippen molar-refractivity contribution in [3.8, 4) is 17.6 Å². The van der Waals surface area contributed by atoms with E-state index in [1.165, 1.54) is 29.1 Å². The van der Waals surface area contributed by atoms with Crippen LogP contribution >= 0.6 is 22.4 Å². The second-order valence-electron chi connectivity index (χ2n) is 9.39. The fourth-order valence-corrected chi connectivity index (χ4v) is 8.04. The maximum absolute atomic E-state index is 13.5. The number of ether oxygens (including phenoxy) is 2. The number of halogens is 2. The Labute approximate surface area is 253 Å². The third-order valence-electron chi connectivity index (χ3n) is 6.47. The Bertz CT molecular complexity index is 1720. The van der Waals surface area contributed by atoms with Crippen molar-refractivity contribution in [1.82, 2.24) is 4.98 Å². The van der Waals surface area contributed by atoms with Crippen molar-refractivity contribution in [1.29, 1.82) is 5.26 Å². The van der Waals surface area contributed by atoms with Crippen LogP contribution in [0.5, 0.6) is 11.5 Å². The van der Waals surface area contributed by atoms with Crippen LogP contribution in [-0.2, 0) is 21.2 Å². The average molecular weight is 625 g/mol. The van der Waals surface area contributed by atoms with E-state index >= 15 is 0 Å². The smallest absolute Gasteiger partial charge is 0.225 e. The molecule has 42 heavy (non-hydrogen) atoms. The average Bonchev–Trinajstić information content (AvgIpc) is 3.37. The van der Waals surface area contributed by atoms with Gasteiger partial charge in [-0.3, -0.25) is 9.78 Å². The minimum atomic E-state index is -1.08. The zero-order valence-corrected chi connectivity index (χ0v) is 24.9. The summed E-state index contributed by atoms with van der Waals surface area (Å²) in [4.78, 5) is 17.3. The molecule has 2 N–H and O–H groups in total. The first-order valence-electron chi connectivity index (χ1n) is 13.1. The molecule has 1 aliphatic heterocycles. The Morgan fingerprint density at radius 2 is 2.07 bits per heavy atom. The predicted molar refractivity (Wildman–Crippen MR) is 165 cm³/mol. The number of pyridine rings is 1. The minimum absolute atomic E-state index is 0.136. The maximum atomic E-state index is 13.5. The van der Waals surface area contributed by atoms with Crippen molar-refractivity contribution in [3.63, 3.8) is 0 Å². The molecule has 0 spiro atoms. The summed E-state index contributed by atoms with van der Waals surface area (Å²) in [5.74, 6) is 1.01. The van der Waals surface area contributed by atoms with Crippen LogP contribution in [0.3, 0.4) is 0 Å². The standard InChI is InChI=1S/C30H26ClFN4O4S2/c1-2-39-28-14-25-23(13-26(28)36-29(37)12-22-8-9-41-42(22)38)30(19(15-33)16-34-25)35-21-6-7-27(24(31)11-21)40-17-18-4-3-5-20(32)10-18/h3-7,10-11,13-14,16,22H,2,8-9,12,17H2,1H3,(H,34,35)(H,36,37). The molecule has 1 aromatic heterocycles. The van der Waals surface area contributed by atoms with E-state index in [0.717, 1.165) is 12.2 Å². The summed E-state index contributed by atoms with van der Waals surface area (Å²) >= 11 is 6.50. The van der Waals surface area contributed by atoms with Crippen molar-refractivity contribution in [2.45, 2.75) is 31.6 Å². The van der Waals surface area contributed by atoms with E-state index in [1.54, 1.807) is 42.5 Å². The molecule has 1 saturated heterocycles. The molecule has 1 aliphatic rings. The Morgan fingerprint density at radius 3 is 2.79 bits per heavy atom. The Morgan fingerprint density at radius 1 is 1.21 bits per heavy atom. The van der Waals surface area contributed by atoms with Crippen molar-refractivity contribution >= 4 is 66.1 Å². The highest BCUT2D eigenvalue weighted by molar-refractivity contribution is 8.69. The molecule has 4 aromatic rings. The zero-order valence-electron chi connectivity index (χ0n) is 22.5. The number of carbonyl (C=O) groups is 1. The highest BCUT2D eigenvalue weighted by atomic mass is 35.5. The summed E-state index contributed by atoms with van der Waals surface area (Å²) < 4.78 is 37.2. The van der Waals surface area contributed by atoms with Crippen molar-refractivity contribution in [3.05, 3.63) is 82.8 Å². The number of aromatic nitrogens is 1. The predicted octanol–water partition coefficient (Wildman–Crippen LogP) is 7.12. The number of nitrogens with zero attached hydrogens (tertiary/aromatic N) is 2. The molecular formula is C30H26ClFN4O4S2. The van der Waals surface area contributed by atoms with Crippen molar-refractivity contribution in [2.75, 3.05) is 23.0 Å². The monoisotopic (exact) mass is 624 g/mol. The molecule has 0 bridgehead atoms. The van der Waals surface area contributed by atoms with E-state index < -0.39 is 9.83 Å². The Kier molecular flexibility index (Phi) is 9.47.